The second-order valence-corrected chi connectivity index (χ2v) is 3.76. The van der Waals surface area contributed by atoms with E-state index in [2.05, 4.69) is 9.97 Å². The van der Waals surface area contributed by atoms with Crippen LogP contribution in [0, 0.1) is 5.82 Å². The molecule has 3 nitrogen and oxygen atoms in total. The lowest BCUT2D eigenvalue weighted by molar-refractivity contribution is -0.139. The van der Waals surface area contributed by atoms with E-state index in [0.29, 0.717) is 6.07 Å². The van der Waals surface area contributed by atoms with Gasteiger partial charge in [-0.1, -0.05) is 6.07 Å². The van der Waals surface area contributed by atoms with E-state index >= 15 is 0 Å². The van der Waals surface area contributed by atoms with Gasteiger partial charge >= 0.3 is 6.18 Å². The molecule has 0 bridgehead atoms. The van der Waals surface area contributed by atoms with Gasteiger partial charge in [-0.15, -0.1) is 0 Å². The van der Waals surface area contributed by atoms with Crippen LogP contribution in [-0.2, 0) is 6.18 Å². The van der Waals surface area contributed by atoms with E-state index in [0.717, 1.165) is 18.3 Å². The fraction of sp³-hybridized carbons (Fsp3) is 0.167. The standard InChI is InChI=1S/C12H8F4N2O/c13-7-1-2-8(9(5-7)12(14,15)16)11(19)10-6-17-3-4-18-10/h1-6,11,19H. The average molecular weight is 272 g/mol. The summed E-state index contributed by atoms with van der Waals surface area (Å²) < 4.78 is 51.3. The highest BCUT2D eigenvalue weighted by molar-refractivity contribution is 5.35. The molecule has 1 N–H and O–H groups in total. The molecule has 0 radical (unpaired) electrons. The second-order valence-electron chi connectivity index (χ2n) is 3.76. The van der Waals surface area contributed by atoms with Crippen LogP contribution in [0.4, 0.5) is 17.6 Å². The zero-order valence-electron chi connectivity index (χ0n) is 9.39. The molecule has 1 aromatic carbocycles. The quantitative estimate of drug-likeness (QED) is 0.855. The smallest absolute Gasteiger partial charge is 0.382 e. The Morgan fingerprint density at radius 1 is 1.16 bits per heavy atom. The van der Waals surface area contributed by atoms with Crippen LogP contribution < -0.4 is 0 Å². The molecule has 19 heavy (non-hydrogen) atoms. The zero-order chi connectivity index (χ0) is 14.0. The van der Waals surface area contributed by atoms with E-state index in [-0.39, 0.29) is 5.69 Å². The van der Waals surface area contributed by atoms with Gasteiger partial charge < -0.3 is 5.11 Å². The second kappa shape index (κ2) is 4.93. The van der Waals surface area contributed by atoms with Gasteiger partial charge in [0.25, 0.3) is 0 Å². The summed E-state index contributed by atoms with van der Waals surface area (Å²) in [6, 6.07) is 2.08. The highest BCUT2D eigenvalue weighted by atomic mass is 19.4. The number of hydrogen-bond donors (Lipinski definition) is 1. The van der Waals surface area contributed by atoms with Crippen LogP contribution in [0.2, 0.25) is 0 Å². The van der Waals surface area contributed by atoms with Crippen molar-refractivity contribution >= 4 is 0 Å². The van der Waals surface area contributed by atoms with Crippen LogP contribution in [-0.4, -0.2) is 15.1 Å². The van der Waals surface area contributed by atoms with Crippen LogP contribution in [0.5, 0.6) is 0 Å². The highest BCUT2D eigenvalue weighted by Crippen LogP contribution is 2.36. The predicted octanol–water partition coefficient (Wildman–Crippen LogP) is 2.72. The summed E-state index contributed by atoms with van der Waals surface area (Å²) in [5, 5.41) is 9.90. The molecule has 0 fully saturated rings. The topological polar surface area (TPSA) is 46.0 Å². The third-order valence-corrected chi connectivity index (χ3v) is 2.48. The Bertz CT molecular complexity index is 572. The van der Waals surface area contributed by atoms with Crippen LogP contribution in [0.25, 0.3) is 0 Å². The Kier molecular flexibility index (Phi) is 3.48. The summed E-state index contributed by atoms with van der Waals surface area (Å²) >= 11 is 0. The van der Waals surface area contributed by atoms with Crippen molar-refractivity contribution in [2.75, 3.05) is 0 Å². The Morgan fingerprint density at radius 2 is 1.89 bits per heavy atom. The molecule has 0 spiro atoms. The number of halogens is 4. The monoisotopic (exact) mass is 272 g/mol. The highest BCUT2D eigenvalue weighted by Gasteiger charge is 2.36. The third kappa shape index (κ3) is 2.87. The molecule has 0 aliphatic rings. The molecule has 0 saturated heterocycles. The fourth-order valence-electron chi connectivity index (χ4n) is 1.62. The molecule has 0 aliphatic heterocycles. The van der Waals surface area contributed by atoms with E-state index in [9.17, 15) is 22.7 Å². The van der Waals surface area contributed by atoms with Crippen molar-refractivity contribution in [2.24, 2.45) is 0 Å². The number of nitrogens with zero attached hydrogens (tertiary/aromatic N) is 2. The van der Waals surface area contributed by atoms with E-state index in [1.165, 1.54) is 12.4 Å². The molecule has 1 aromatic heterocycles. The summed E-state index contributed by atoms with van der Waals surface area (Å²) in [5.41, 5.74) is -1.74. The van der Waals surface area contributed by atoms with Gasteiger partial charge in [0.2, 0.25) is 0 Å². The first-order valence-electron chi connectivity index (χ1n) is 5.20. The maximum atomic E-state index is 12.9. The van der Waals surface area contributed by atoms with Crippen molar-refractivity contribution < 1.29 is 22.7 Å². The van der Waals surface area contributed by atoms with Gasteiger partial charge in [-0.05, 0) is 17.7 Å². The van der Waals surface area contributed by atoms with E-state index in [1.54, 1.807) is 0 Å². The van der Waals surface area contributed by atoms with Gasteiger partial charge in [-0.2, -0.15) is 13.2 Å². The molecule has 0 saturated carbocycles. The first-order chi connectivity index (χ1) is 8.89. The Hall–Kier alpha value is -2.02. The van der Waals surface area contributed by atoms with E-state index < -0.39 is 29.2 Å². The Morgan fingerprint density at radius 3 is 2.47 bits per heavy atom. The largest absolute Gasteiger partial charge is 0.416 e. The molecular formula is C12H8F4N2O. The van der Waals surface area contributed by atoms with E-state index in [1.807, 2.05) is 0 Å². The molecule has 0 aliphatic carbocycles. The van der Waals surface area contributed by atoms with Crippen LogP contribution >= 0.6 is 0 Å². The molecule has 2 rings (SSSR count). The number of aromatic nitrogens is 2. The Balaban J connectivity index is 2.51. The normalized spacial score (nSPS) is 13.3. The van der Waals surface area contributed by atoms with Crippen molar-refractivity contribution in [3.63, 3.8) is 0 Å². The third-order valence-electron chi connectivity index (χ3n) is 2.48. The Labute approximate surface area is 105 Å². The van der Waals surface area contributed by atoms with Gasteiger partial charge in [0.15, 0.2) is 0 Å². The van der Waals surface area contributed by atoms with Gasteiger partial charge in [0.1, 0.15) is 11.9 Å². The van der Waals surface area contributed by atoms with Crippen molar-refractivity contribution in [1.29, 1.82) is 0 Å². The summed E-state index contributed by atoms with van der Waals surface area (Å²) in [5.74, 6) is -1.03. The maximum absolute atomic E-state index is 12.9. The van der Waals surface area contributed by atoms with Crippen molar-refractivity contribution in [3.8, 4) is 0 Å². The molecule has 1 atom stereocenters. The van der Waals surface area contributed by atoms with Crippen molar-refractivity contribution in [2.45, 2.75) is 12.3 Å². The van der Waals surface area contributed by atoms with Crippen molar-refractivity contribution in [1.82, 2.24) is 9.97 Å². The zero-order valence-corrected chi connectivity index (χ0v) is 9.39. The molecular weight excluding hydrogens is 264 g/mol. The number of hydrogen-bond acceptors (Lipinski definition) is 3. The van der Waals surface area contributed by atoms with Gasteiger partial charge in [-0.3, -0.25) is 9.97 Å². The van der Waals surface area contributed by atoms with Gasteiger partial charge in [-0.25, -0.2) is 4.39 Å². The SMILES string of the molecule is OC(c1cnccn1)c1ccc(F)cc1C(F)(F)F. The summed E-state index contributed by atoms with van der Waals surface area (Å²) in [6.45, 7) is 0. The molecule has 100 valence electrons. The molecule has 0 amide bonds. The number of aliphatic hydroxyl groups is 1. The van der Waals surface area contributed by atoms with Gasteiger partial charge in [0, 0.05) is 12.4 Å². The maximum Gasteiger partial charge on any atom is 0.416 e. The lowest BCUT2D eigenvalue weighted by atomic mass is 10.00. The number of benzene rings is 1. The van der Waals surface area contributed by atoms with Crippen molar-refractivity contribution in [3.05, 3.63) is 59.4 Å². The lowest BCUT2D eigenvalue weighted by Crippen LogP contribution is -2.14. The summed E-state index contributed by atoms with van der Waals surface area (Å²) in [7, 11) is 0. The fourth-order valence-corrected chi connectivity index (χ4v) is 1.62. The van der Waals surface area contributed by atoms with Crippen LogP contribution in [0.1, 0.15) is 22.9 Å². The minimum absolute atomic E-state index is 0.0420. The lowest BCUT2D eigenvalue weighted by Gasteiger charge is -2.17. The molecule has 2 aromatic rings. The number of rotatable bonds is 2. The minimum atomic E-state index is -4.76. The first kappa shape index (κ1) is 13.4. The minimum Gasteiger partial charge on any atom is -0.382 e. The van der Waals surface area contributed by atoms with Crippen LogP contribution in [0.15, 0.2) is 36.8 Å². The number of alkyl halides is 3. The molecule has 7 heteroatoms. The first-order valence-corrected chi connectivity index (χ1v) is 5.20. The summed E-state index contributed by atoms with van der Waals surface area (Å²) in [6.07, 6.45) is -2.67. The summed E-state index contributed by atoms with van der Waals surface area (Å²) in [4.78, 5) is 7.39. The number of aliphatic hydroxyl groups excluding tert-OH is 1. The molecule has 1 unspecified atom stereocenters. The van der Waals surface area contributed by atoms with Crippen LogP contribution in [0.3, 0.4) is 0 Å². The van der Waals surface area contributed by atoms with E-state index in [4.69, 9.17) is 0 Å². The average Bonchev–Trinajstić information content (AvgIpc) is 2.38. The van der Waals surface area contributed by atoms with Gasteiger partial charge in [0.05, 0.1) is 17.5 Å². The molecule has 1 heterocycles. The predicted molar refractivity (Wildman–Crippen MR) is 57.5 cm³/mol.